The molecule has 0 saturated heterocycles. The number of amides is 1. The number of methoxy groups -OCH3 is 1. The van der Waals surface area contributed by atoms with E-state index in [1.165, 1.54) is 0 Å². The van der Waals surface area contributed by atoms with Gasteiger partial charge in [0.05, 0.1) is 12.2 Å². The van der Waals surface area contributed by atoms with Crippen molar-refractivity contribution < 1.29 is 9.53 Å². The number of nitrogen functional groups attached to an aromatic ring is 1. The molecule has 1 fully saturated rings. The van der Waals surface area contributed by atoms with E-state index in [0.717, 1.165) is 18.5 Å². The third kappa shape index (κ3) is 3.37. The van der Waals surface area contributed by atoms with E-state index in [2.05, 4.69) is 10.6 Å². The van der Waals surface area contributed by atoms with Crippen molar-refractivity contribution in [1.29, 1.82) is 0 Å². The van der Waals surface area contributed by atoms with Gasteiger partial charge < -0.3 is 21.1 Å². The Labute approximate surface area is 107 Å². The molecule has 0 spiro atoms. The first-order chi connectivity index (χ1) is 8.70. The van der Waals surface area contributed by atoms with Gasteiger partial charge in [-0.3, -0.25) is 4.79 Å². The average Bonchev–Trinajstić information content (AvgIpc) is 3.15. The standard InChI is InChI=1S/C13H19N3O2/c1-18-7-6-15-13(17)11-8-9(14)2-5-12(11)16-10-3-4-10/h2,5,8,10,16H,3-4,6-7,14H2,1H3,(H,15,17). The minimum Gasteiger partial charge on any atom is -0.399 e. The average molecular weight is 249 g/mol. The van der Waals surface area contributed by atoms with Crippen LogP contribution in [0.1, 0.15) is 23.2 Å². The molecule has 1 amide bonds. The SMILES string of the molecule is COCCNC(=O)c1cc(N)ccc1NC1CC1. The Hall–Kier alpha value is -1.75. The smallest absolute Gasteiger partial charge is 0.253 e. The lowest BCUT2D eigenvalue weighted by Crippen LogP contribution is -2.28. The Bertz CT molecular complexity index is 430. The number of hydrogen-bond donors (Lipinski definition) is 3. The third-order valence-corrected chi connectivity index (χ3v) is 2.82. The predicted octanol–water partition coefficient (Wildman–Crippen LogP) is 1.22. The number of ether oxygens (including phenoxy) is 1. The topological polar surface area (TPSA) is 76.4 Å². The summed E-state index contributed by atoms with van der Waals surface area (Å²) in [5, 5.41) is 6.14. The number of nitrogens with two attached hydrogens (primary N) is 1. The summed E-state index contributed by atoms with van der Waals surface area (Å²) in [5.41, 5.74) is 7.77. The number of carbonyl (C=O) groups excluding carboxylic acids is 1. The zero-order valence-electron chi connectivity index (χ0n) is 10.5. The monoisotopic (exact) mass is 249 g/mol. The van der Waals surface area contributed by atoms with Gasteiger partial charge in [-0.1, -0.05) is 0 Å². The van der Waals surface area contributed by atoms with Crippen LogP contribution in [0.5, 0.6) is 0 Å². The van der Waals surface area contributed by atoms with Crippen LogP contribution >= 0.6 is 0 Å². The summed E-state index contributed by atoms with van der Waals surface area (Å²) in [5.74, 6) is -0.123. The summed E-state index contributed by atoms with van der Waals surface area (Å²) in [7, 11) is 1.60. The molecule has 2 rings (SSSR count). The molecule has 1 saturated carbocycles. The van der Waals surface area contributed by atoms with Crippen molar-refractivity contribution in [1.82, 2.24) is 5.32 Å². The fourth-order valence-electron chi connectivity index (χ4n) is 1.69. The Kier molecular flexibility index (Phi) is 4.04. The van der Waals surface area contributed by atoms with Crippen molar-refractivity contribution in [2.75, 3.05) is 31.3 Å². The fraction of sp³-hybridized carbons (Fsp3) is 0.462. The van der Waals surface area contributed by atoms with Crippen molar-refractivity contribution in [3.63, 3.8) is 0 Å². The zero-order valence-corrected chi connectivity index (χ0v) is 10.5. The second kappa shape index (κ2) is 5.73. The maximum absolute atomic E-state index is 12.0. The number of nitrogens with one attached hydrogen (secondary N) is 2. The van der Waals surface area contributed by atoms with Crippen LogP contribution in [-0.2, 0) is 4.74 Å². The highest BCUT2D eigenvalue weighted by atomic mass is 16.5. The number of carbonyl (C=O) groups is 1. The van der Waals surface area contributed by atoms with Gasteiger partial charge >= 0.3 is 0 Å². The number of hydrogen-bond acceptors (Lipinski definition) is 4. The molecule has 0 atom stereocenters. The van der Waals surface area contributed by atoms with Crippen LogP contribution < -0.4 is 16.4 Å². The maximum atomic E-state index is 12.0. The van der Waals surface area contributed by atoms with Crippen molar-refractivity contribution in [2.24, 2.45) is 0 Å². The highest BCUT2D eigenvalue weighted by molar-refractivity contribution is 6.00. The van der Waals surface area contributed by atoms with Crippen LogP contribution in [0.15, 0.2) is 18.2 Å². The summed E-state index contributed by atoms with van der Waals surface area (Å²) < 4.78 is 4.90. The third-order valence-electron chi connectivity index (χ3n) is 2.82. The predicted molar refractivity (Wildman–Crippen MR) is 71.7 cm³/mol. The molecule has 1 aliphatic rings. The molecule has 0 aliphatic heterocycles. The quantitative estimate of drug-likeness (QED) is 0.523. The van der Waals surface area contributed by atoms with Gasteiger partial charge in [-0.05, 0) is 31.0 Å². The first-order valence-electron chi connectivity index (χ1n) is 6.14. The molecule has 0 heterocycles. The number of benzene rings is 1. The van der Waals surface area contributed by atoms with Gasteiger partial charge in [0.25, 0.3) is 5.91 Å². The molecule has 5 heteroatoms. The molecule has 4 N–H and O–H groups in total. The first-order valence-corrected chi connectivity index (χ1v) is 6.14. The van der Waals surface area contributed by atoms with Gasteiger partial charge in [0.2, 0.25) is 0 Å². The molecule has 1 aromatic carbocycles. The van der Waals surface area contributed by atoms with Gasteiger partial charge in [-0.2, -0.15) is 0 Å². The van der Waals surface area contributed by atoms with Gasteiger partial charge in [-0.25, -0.2) is 0 Å². The summed E-state index contributed by atoms with van der Waals surface area (Å²) in [6.07, 6.45) is 2.32. The summed E-state index contributed by atoms with van der Waals surface area (Å²) >= 11 is 0. The molecule has 0 bridgehead atoms. The van der Waals surface area contributed by atoms with Crippen LogP contribution in [0.25, 0.3) is 0 Å². The van der Waals surface area contributed by atoms with Crippen LogP contribution in [-0.4, -0.2) is 32.2 Å². The molecular formula is C13H19N3O2. The van der Waals surface area contributed by atoms with E-state index >= 15 is 0 Å². The minimum absolute atomic E-state index is 0.123. The van der Waals surface area contributed by atoms with Gasteiger partial charge in [-0.15, -0.1) is 0 Å². The molecule has 18 heavy (non-hydrogen) atoms. The van der Waals surface area contributed by atoms with Crippen molar-refractivity contribution in [3.8, 4) is 0 Å². The van der Waals surface area contributed by atoms with E-state index in [1.54, 1.807) is 19.2 Å². The lowest BCUT2D eigenvalue weighted by atomic mass is 10.1. The Morgan fingerprint density at radius 1 is 1.50 bits per heavy atom. The second-order valence-electron chi connectivity index (χ2n) is 4.47. The number of rotatable bonds is 6. The lowest BCUT2D eigenvalue weighted by molar-refractivity contribution is 0.0938. The Morgan fingerprint density at radius 2 is 2.28 bits per heavy atom. The van der Waals surface area contributed by atoms with Gasteiger partial charge in [0.1, 0.15) is 0 Å². The van der Waals surface area contributed by atoms with Gasteiger partial charge in [0.15, 0.2) is 0 Å². The zero-order chi connectivity index (χ0) is 13.0. The van der Waals surface area contributed by atoms with Crippen molar-refractivity contribution in [2.45, 2.75) is 18.9 Å². The molecular weight excluding hydrogens is 230 g/mol. The molecule has 0 radical (unpaired) electrons. The Morgan fingerprint density at radius 3 is 2.94 bits per heavy atom. The van der Waals surface area contributed by atoms with E-state index in [9.17, 15) is 4.79 Å². The van der Waals surface area contributed by atoms with Gasteiger partial charge in [0, 0.05) is 31.1 Å². The highest BCUT2D eigenvalue weighted by Crippen LogP contribution is 2.27. The number of anilines is 2. The molecule has 5 nitrogen and oxygen atoms in total. The van der Waals surface area contributed by atoms with Crippen LogP contribution in [0.2, 0.25) is 0 Å². The first kappa shape index (κ1) is 12.7. The van der Waals surface area contributed by atoms with E-state index in [1.807, 2.05) is 6.07 Å². The summed E-state index contributed by atoms with van der Waals surface area (Å²) in [4.78, 5) is 12.0. The van der Waals surface area contributed by atoms with Crippen LogP contribution in [0.4, 0.5) is 11.4 Å². The van der Waals surface area contributed by atoms with Crippen molar-refractivity contribution in [3.05, 3.63) is 23.8 Å². The molecule has 0 aromatic heterocycles. The minimum atomic E-state index is -0.123. The Balaban J connectivity index is 2.07. The highest BCUT2D eigenvalue weighted by Gasteiger charge is 2.23. The van der Waals surface area contributed by atoms with Crippen LogP contribution in [0, 0.1) is 0 Å². The molecule has 0 unspecified atom stereocenters. The largest absolute Gasteiger partial charge is 0.399 e. The van der Waals surface area contributed by atoms with Crippen LogP contribution in [0.3, 0.4) is 0 Å². The summed E-state index contributed by atoms with van der Waals surface area (Å²) in [6.45, 7) is 0.993. The second-order valence-corrected chi connectivity index (χ2v) is 4.47. The van der Waals surface area contributed by atoms with Crippen molar-refractivity contribution >= 4 is 17.3 Å². The van der Waals surface area contributed by atoms with E-state index in [-0.39, 0.29) is 5.91 Å². The molecule has 1 aliphatic carbocycles. The van der Waals surface area contributed by atoms with E-state index in [0.29, 0.717) is 30.4 Å². The van der Waals surface area contributed by atoms with E-state index in [4.69, 9.17) is 10.5 Å². The van der Waals surface area contributed by atoms with E-state index < -0.39 is 0 Å². The lowest BCUT2D eigenvalue weighted by Gasteiger charge is -2.12. The molecule has 1 aromatic rings. The normalized spacial score (nSPS) is 14.3. The fourth-order valence-corrected chi connectivity index (χ4v) is 1.69. The summed E-state index contributed by atoms with van der Waals surface area (Å²) in [6, 6.07) is 5.86. The maximum Gasteiger partial charge on any atom is 0.253 e. The molecule has 98 valence electrons.